The molecule has 2 N–H and O–H groups in total. The Hall–Kier alpha value is -1.85. The Kier molecular flexibility index (Phi) is 2.87. The molecule has 1 aromatic carbocycles. The number of carbonyl (C=O) groups is 1. The minimum absolute atomic E-state index is 0.0788. The monoisotopic (exact) mass is 341 g/mol. The number of piperidine rings is 1. The van der Waals surface area contributed by atoms with E-state index in [1.54, 1.807) is 7.11 Å². The van der Waals surface area contributed by atoms with Gasteiger partial charge in [-0.1, -0.05) is 18.2 Å². The van der Waals surface area contributed by atoms with Crippen LogP contribution in [0, 0.1) is 5.92 Å². The molecule has 1 spiro atoms. The van der Waals surface area contributed by atoms with Crippen molar-refractivity contribution in [2.45, 2.75) is 36.5 Å². The second kappa shape index (κ2) is 4.65. The van der Waals surface area contributed by atoms with Gasteiger partial charge in [0.05, 0.1) is 31.6 Å². The van der Waals surface area contributed by atoms with Crippen molar-refractivity contribution in [3.8, 4) is 5.75 Å². The predicted molar refractivity (Wildman–Crippen MR) is 93.6 cm³/mol. The van der Waals surface area contributed by atoms with E-state index in [1.165, 1.54) is 11.1 Å². The lowest BCUT2D eigenvalue weighted by molar-refractivity contribution is -0.926. The van der Waals surface area contributed by atoms with E-state index in [1.807, 2.05) is 6.07 Å². The van der Waals surface area contributed by atoms with Crippen molar-refractivity contribution in [3.63, 3.8) is 0 Å². The fraction of sp³-hybridized carbons (Fsp3) is 0.550. The number of quaternary nitrogens is 1. The number of methoxy groups -OCH3 is 1. The van der Waals surface area contributed by atoms with Gasteiger partial charge in [0.1, 0.15) is 24.0 Å². The number of ether oxygens (including phenoxy) is 2. The first-order valence-electron chi connectivity index (χ1n) is 9.07. The van der Waals surface area contributed by atoms with Crippen LogP contribution in [0.15, 0.2) is 24.3 Å². The molecule has 5 unspecified atom stereocenters. The van der Waals surface area contributed by atoms with Crippen LogP contribution in [0.3, 0.4) is 0 Å². The fourth-order valence-electron chi connectivity index (χ4n) is 5.99. The molecule has 2 bridgehead atoms. The third-order valence-electron chi connectivity index (χ3n) is 7.24. The van der Waals surface area contributed by atoms with Crippen molar-refractivity contribution >= 4 is 5.91 Å². The molecule has 2 heterocycles. The minimum Gasteiger partial charge on any atom is -0.485 e. The van der Waals surface area contributed by atoms with Crippen LogP contribution in [0.1, 0.15) is 27.9 Å². The number of nitrogens with zero attached hydrogens (tertiary/aromatic N) is 1. The number of likely N-dealkylation sites (tertiary alicyclic amines) is 1. The molecular weight excluding hydrogens is 316 g/mol. The van der Waals surface area contributed by atoms with Crippen molar-refractivity contribution in [1.29, 1.82) is 0 Å². The summed E-state index contributed by atoms with van der Waals surface area (Å²) >= 11 is 0. The highest BCUT2D eigenvalue weighted by atomic mass is 16.5. The Bertz CT molecular complexity index is 815. The number of nitrogens with two attached hydrogens (primary N) is 1. The largest absolute Gasteiger partial charge is 0.485 e. The van der Waals surface area contributed by atoms with Gasteiger partial charge < -0.3 is 19.7 Å². The van der Waals surface area contributed by atoms with Gasteiger partial charge in [0.15, 0.2) is 0 Å². The van der Waals surface area contributed by atoms with Crippen molar-refractivity contribution in [2.24, 2.45) is 11.7 Å². The molecular formula is C20H25N2O3+. The highest BCUT2D eigenvalue weighted by Gasteiger charge is 2.67. The number of carbonyl (C=O) groups excluding carboxylic acids is 1. The Labute approximate surface area is 148 Å². The smallest absolute Gasteiger partial charge is 0.252 e. The summed E-state index contributed by atoms with van der Waals surface area (Å²) in [5, 5.41) is 0. The Morgan fingerprint density at radius 1 is 1.36 bits per heavy atom. The van der Waals surface area contributed by atoms with Gasteiger partial charge in [0.2, 0.25) is 0 Å². The summed E-state index contributed by atoms with van der Waals surface area (Å²) in [6.45, 7) is 1.10. The zero-order chi connectivity index (χ0) is 17.6. The molecule has 1 aromatic rings. The zero-order valence-corrected chi connectivity index (χ0v) is 15.0. The van der Waals surface area contributed by atoms with Crippen LogP contribution in [0.5, 0.6) is 5.75 Å². The van der Waals surface area contributed by atoms with Crippen molar-refractivity contribution in [3.05, 3.63) is 41.0 Å². The van der Waals surface area contributed by atoms with Gasteiger partial charge in [-0.2, -0.15) is 0 Å². The average molecular weight is 341 g/mol. The molecule has 1 saturated heterocycles. The lowest BCUT2D eigenvalue weighted by Crippen LogP contribution is -2.70. The summed E-state index contributed by atoms with van der Waals surface area (Å²) in [6, 6.07) is 4.46. The van der Waals surface area contributed by atoms with Crippen molar-refractivity contribution in [2.75, 3.05) is 27.7 Å². The zero-order valence-electron chi connectivity index (χ0n) is 15.0. The van der Waals surface area contributed by atoms with E-state index in [-0.39, 0.29) is 17.6 Å². The maximum atomic E-state index is 12.0. The maximum Gasteiger partial charge on any atom is 0.252 e. The Balaban J connectivity index is 1.81. The molecule has 5 nitrogen and oxygen atoms in total. The van der Waals surface area contributed by atoms with E-state index >= 15 is 0 Å². The fourth-order valence-corrected chi connectivity index (χ4v) is 5.99. The van der Waals surface area contributed by atoms with Crippen LogP contribution in [-0.4, -0.2) is 56.4 Å². The van der Waals surface area contributed by atoms with Crippen molar-refractivity contribution < 1.29 is 18.8 Å². The lowest BCUT2D eigenvalue weighted by atomic mass is 9.52. The van der Waals surface area contributed by atoms with Gasteiger partial charge in [-0.05, 0) is 11.6 Å². The minimum atomic E-state index is -0.416. The van der Waals surface area contributed by atoms with E-state index in [9.17, 15) is 4.79 Å². The first-order chi connectivity index (χ1) is 11.9. The quantitative estimate of drug-likeness (QED) is 0.653. The van der Waals surface area contributed by atoms with Crippen LogP contribution in [0.4, 0.5) is 0 Å². The van der Waals surface area contributed by atoms with E-state index in [4.69, 9.17) is 15.2 Å². The van der Waals surface area contributed by atoms with Gasteiger partial charge in [-0.25, -0.2) is 0 Å². The highest BCUT2D eigenvalue weighted by Crippen LogP contribution is 2.62. The summed E-state index contributed by atoms with van der Waals surface area (Å²) < 4.78 is 13.2. The standard InChI is InChI=1S/C20H24N2O3/c1-22(2)9-8-20-13-6-7-15(24-3)18(20)25-17-12(19(21)23)5-4-11(16(17)20)10-14(13)22/h4-7,13-15,18H,8-10H2,1-3H3,(H-,21,23)/p+1. The highest BCUT2D eigenvalue weighted by molar-refractivity contribution is 5.97. The second-order valence-electron chi connectivity index (χ2n) is 8.55. The molecule has 1 fully saturated rings. The number of hydrogen-bond donors (Lipinski definition) is 1. The maximum absolute atomic E-state index is 12.0. The average Bonchev–Trinajstić information content (AvgIpc) is 2.92. The van der Waals surface area contributed by atoms with Crippen LogP contribution in [0.25, 0.3) is 0 Å². The van der Waals surface area contributed by atoms with E-state index < -0.39 is 5.91 Å². The Morgan fingerprint density at radius 3 is 2.88 bits per heavy atom. The topological polar surface area (TPSA) is 61.5 Å². The van der Waals surface area contributed by atoms with Gasteiger partial charge in [0.25, 0.3) is 5.91 Å². The first-order valence-corrected chi connectivity index (χ1v) is 9.07. The molecule has 2 aliphatic carbocycles. The summed E-state index contributed by atoms with van der Waals surface area (Å²) in [5.74, 6) is 0.710. The molecule has 5 atom stereocenters. The molecule has 132 valence electrons. The van der Waals surface area contributed by atoms with Gasteiger partial charge in [0, 0.05) is 31.4 Å². The molecule has 1 amide bonds. The summed E-state index contributed by atoms with van der Waals surface area (Å²) in [6.07, 6.45) is 6.39. The number of likely N-dealkylation sites (N-methyl/N-ethyl adjacent to an activating group) is 1. The Morgan fingerprint density at radius 2 is 2.16 bits per heavy atom. The number of rotatable bonds is 2. The van der Waals surface area contributed by atoms with Crippen LogP contribution in [-0.2, 0) is 16.6 Å². The molecule has 0 radical (unpaired) electrons. The first kappa shape index (κ1) is 15.4. The summed E-state index contributed by atoms with van der Waals surface area (Å²) in [5.41, 5.74) is 8.62. The molecule has 5 rings (SSSR count). The number of hydrogen-bond acceptors (Lipinski definition) is 3. The number of primary amides is 1. The molecule has 2 aliphatic heterocycles. The van der Waals surface area contributed by atoms with Gasteiger partial charge >= 0.3 is 0 Å². The number of benzene rings is 1. The summed E-state index contributed by atoms with van der Waals surface area (Å²) in [7, 11) is 6.40. The van der Waals surface area contributed by atoms with Crippen molar-refractivity contribution in [1.82, 2.24) is 0 Å². The van der Waals surface area contributed by atoms with Crippen LogP contribution < -0.4 is 10.5 Å². The molecule has 0 saturated carbocycles. The molecule has 4 aliphatic rings. The van der Waals surface area contributed by atoms with Crippen LogP contribution in [0.2, 0.25) is 0 Å². The molecule has 0 aromatic heterocycles. The SMILES string of the molecule is COC1C=CC2C3Cc4ccc(C(N)=O)c5c4C2(CC[N+]3(C)C)C1O5. The third kappa shape index (κ3) is 1.68. The third-order valence-corrected chi connectivity index (χ3v) is 7.24. The summed E-state index contributed by atoms with van der Waals surface area (Å²) in [4.78, 5) is 12.0. The number of amides is 1. The normalized spacial score (nSPS) is 38.8. The van der Waals surface area contributed by atoms with E-state index in [0.717, 1.165) is 29.6 Å². The predicted octanol–water partition coefficient (Wildman–Crippen LogP) is 1.39. The van der Waals surface area contributed by atoms with Crippen LogP contribution >= 0.6 is 0 Å². The molecule has 5 heteroatoms. The van der Waals surface area contributed by atoms with E-state index in [0.29, 0.717) is 17.5 Å². The lowest BCUT2D eigenvalue weighted by Gasteiger charge is -2.58. The van der Waals surface area contributed by atoms with Gasteiger partial charge in [-0.3, -0.25) is 4.79 Å². The van der Waals surface area contributed by atoms with E-state index in [2.05, 4.69) is 32.3 Å². The second-order valence-corrected chi connectivity index (χ2v) is 8.55. The molecule has 25 heavy (non-hydrogen) atoms. The van der Waals surface area contributed by atoms with Gasteiger partial charge in [-0.15, -0.1) is 0 Å².